The Morgan fingerprint density at radius 1 is 1.11 bits per heavy atom. The van der Waals surface area contributed by atoms with Crippen LogP contribution in [0.1, 0.15) is 29.8 Å². The van der Waals surface area contributed by atoms with Gasteiger partial charge in [-0.15, -0.1) is 0 Å². The molecule has 0 aliphatic carbocycles. The summed E-state index contributed by atoms with van der Waals surface area (Å²) in [4.78, 5) is 27.6. The monoisotopic (exact) mass is 502 g/mol. The Labute approximate surface area is 215 Å². The Kier molecular flexibility index (Phi) is 6.75. The van der Waals surface area contributed by atoms with Gasteiger partial charge in [0.25, 0.3) is 0 Å². The number of nitrogens with one attached hydrogen (secondary N) is 1. The van der Waals surface area contributed by atoms with Crippen molar-refractivity contribution in [2.45, 2.75) is 32.3 Å². The van der Waals surface area contributed by atoms with E-state index in [0.29, 0.717) is 23.8 Å². The SMILES string of the molecule is Cc1cc(-c2sc(NC(=O)N3CCC4(CC3)CN(C)CCO4)nc2-c2cccc(C#N)c2)cc(C)n1. The maximum absolute atomic E-state index is 13.2. The van der Waals surface area contributed by atoms with Crippen LogP contribution in [0.2, 0.25) is 0 Å². The number of hydrogen-bond donors (Lipinski definition) is 1. The summed E-state index contributed by atoms with van der Waals surface area (Å²) in [6, 6.07) is 13.5. The number of morpholine rings is 1. The number of nitrogens with zero attached hydrogens (tertiary/aromatic N) is 5. The van der Waals surface area contributed by atoms with E-state index in [-0.39, 0.29) is 11.6 Å². The lowest BCUT2D eigenvalue weighted by Crippen LogP contribution is -2.57. The molecule has 1 spiro atoms. The van der Waals surface area contributed by atoms with Crippen molar-refractivity contribution < 1.29 is 9.53 Å². The normalized spacial score (nSPS) is 17.7. The van der Waals surface area contributed by atoms with Gasteiger partial charge in [-0.05, 0) is 63.6 Å². The van der Waals surface area contributed by atoms with E-state index in [1.54, 1.807) is 6.07 Å². The number of urea groups is 1. The van der Waals surface area contributed by atoms with Gasteiger partial charge in [0.15, 0.2) is 5.13 Å². The molecule has 5 rings (SSSR count). The molecule has 2 amide bonds. The second-order valence-corrected chi connectivity index (χ2v) is 10.7. The van der Waals surface area contributed by atoms with Crippen molar-refractivity contribution in [1.29, 1.82) is 5.26 Å². The minimum atomic E-state index is -0.145. The van der Waals surface area contributed by atoms with Gasteiger partial charge >= 0.3 is 6.03 Å². The second kappa shape index (κ2) is 9.97. The molecule has 1 aromatic carbocycles. The molecule has 0 saturated carbocycles. The molecule has 0 bridgehead atoms. The van der Waals surface area contributed by atoms with Gasteiger partial charge in [-0.2, -0.15) is 5.26 Å². The van der Waals surface area contributed by atoms with Gasteiger partial charge in [-0.3, -0.25) is 10.3 Å². The van der Waals surface area contributed by atoms with Crippen molar-refractivity contribution in [2.75, 3.05) is 45.2 Å². The van der Waals surface area contributed by atoms with Crippen LogP contribution >= 0.6 is 11.3 Å². The topological polar surface area (TPSA) is 94.4 Å². The highest BCUT2D eigenvalue weighted by molar-refractivity contribution is 7.19. The standard InChI is InChI=1S/C27H30N6O2S/c1-18-13-22(14-19(2)29-18)24-23(21-6-4-5-20(15-21)16-28)30-25(36-24)31-26(34)33-9-7-27(8-10-33)17-32(3)11-12-35-27/h4-6,13-15H,7-12,17H2,1-3H3,(H,30,31,34). The van der Waals surface area contributed by atoms with Gasteiger partial charge in [0, 0.05) is 43.1 Å². The molecule has 0 unspecified atom stereocenters. The molecule has 2 aliphatic rings. The molecule has 3 aromatic rings. The third-order valence-corrected chi connectivity index (χ3v) is 7.87. The number of carbonyl (C=O) groups is 1. The molecule has 4 heterocycles. The Balaban J connectivity index is 1.39. The van der Waals surface area contributed by atoms with Gasteiger partial charge in [0.2, 0.25) is 0 Å². The van der Waals surface area contributed by atoms with Crippen molar-refractivity contribution in [3.63, 3.8) is 0 Å². The molecule has 9 heteroatoms. The minimum Gasteiger partial charge on any atom is -0.372 e. The highest BCUT2D eigenvalue weighted by Gasteiger charge is 2.39. The second-order valence-electron chi connectivity index (χ2n) is 9.71. The number of aryl methyl sites for hydroxylation is 2. The number of hydrogen-bond acceptors (Lipinski definition) is 7. The fraction of sp³-hybridized carbons (Fsp3) is 0.407. The van der Waals surface area contributed by atoms with Crippen LogP contribution < -0.4 is 5.32 Å². The number of pyridine rings is 1. The predicted molar refractivity (Wildman–Crippen MR) is 141 cm³/mol. The summed E-state index contributed by atoms with van der Waals surface area (Å²) < 4.78 is 6.14. The Hall–Kier alpha value is -3.32. The van der Waals surface area contributed by atoms with Crippen LogP contribution in [0.5, 0.6) is 0 Å². The average molecular weight is 503 g/mol. The summed E-state index contributed by atoms with van der Waals surface area (Å²) in [5, 5.41) is 13.0. The summed E-state index contributed by atoms with van der Waals surface area (Å²) in [6.45, 7) is 7.84. The molecular weight excluding hydrogens is 472 g/mol. The molecular formula is C27H30N6O2S. The van der Waals surface area contributed by atoms with E-state index in [0.717, 1.165) is 65.6 Å². The summed E-state index contributed by atoms with van der Waals surface area (Å²) in [7, 11) is 2.12. The first-order chi connectivity index (χ1) is 17.3. The first-order valence-corrected chi connectivity index (χ1v) is 13.0. The first kappa shape index (κ1) is 24.4. The number of amides is 2. The molecule has 2 aliphatic heterocycles. The lowest BCUT2D eigenvalue weighted by Gasteiger charge is -2.46. The summed E-state index contributed by atoms with van der Waals surface area (Å²) >= 11 is 1.44. The number of carbonyl (C=O) groups excluding carboxylic acids is 1. The number of ether oxygens (including phenoxy) is 1. The molecule has 8 nitrogen and oxygen atoms in total. The van der Waals surface area contributed by atoms with Gasteiger partial charge in [-0.25, -0.2) is 9.78 Å². The minimum absolute atomic E-state index is 0.145. The van der Waals surface area contributed by atoms with Crippen LogP contribution in [0, 0.1) is 25.2 Å². The molecule has 0 radical (unpaired) electrons. The zero-order valence-corrected chi connectivity index (χ0v) is 21.7. The third kappa shape index (κ3) is 5.12. The number of likely N-dealkylation sites (N-methyl/N-ethyl adjacent to an activating group) is 1. The van der Waals surface area contributed by atoms with E-state index in [1.165, 1.54) is 11.3 Å². The van der Waals surface area contributed by atoms with Crippen LogP contribution in [-0.2, 0) is 4.74 Å². The Morgan fingerprint density at radius 3 is 2.56 bits per heavy atom. The molecule has 1 N–H and O–H groups in total. The lowest BCUT2D eigenvalue weighted by atomic mass is 9.89. The number of piperidine rings is 1. The van der Waals surface area contributed by atoms with E-state index < -0.39 is 0 Å². The van der Waals surface area contributed by atoms with Crippen LogP contribution in [0.15, 0.2) is 36.4 Å². The number of aromatic nitrogens is 2. The van der Waals surface area contributed by atoms with Crippen molar-refractivity contribution in [2.24, 2.45) is 0 Å². The van der Waals surface area contributed by atoms with Crippen molar-refractivity contribution in [1.82, 2.24) is 19.8 Å². The summed E-state index contributed by atoms with van der Waals surface area (Å²) in [6.07, 6.45) is 1.66. The van der Waals surface area contributed by atoms with Crippen LogP contribution in [0.3, 0.4) is 0 Å². The number of anilines is 1. The average Bonchev–Trinajstić information content (AvgIpc) is 3.27. The number of likely N-dealkylation sites (tertiary alicyclic amines) is 1. The van der Waals surface area contributed by atoms with Crippen LogP contribution in [0.25, 0.3) is 21.7 Å². The molecule has 2 fully saturated rings. The van der Waals surface area contributed by atoms with Gasteiger partial charge in [0.1, 0.15) is 0 Å². The Morgan fingerprint density at radius 2 is 1.86 bits per heavy atom. The quantitative estimate of drug-likeness (QED) is 0.558. The molecule has 2 aromatic heterocycles. The number of thiazole rings is 1. The van der Waals surface area contributed by atoms with Crippen LogP contribution in [-0.4, -0.2) is 71.2 Å². The smallest absolute Gasteiger partial charge is 0.323 e. The summed E-state index contributed by atoms with van der Waals surface area (Å²) in [5.41, 5.74) is 4.83. The largest absolute Gasteiger partial charge is 0.372 e. The van der Waals surface area contributed by atoms with Crippen molar-refractivity contribution >= 4 is 22.5 Å². The maximum Gasteiger partial charge on any atom is 0.323 e. The predicted octanol–water partition coefficient (Wildman–Crippen LogP) is 4.69. The Bertz CT molecular complexity index is 1300. The number of rotatable bonds is 3. The van der Waals surface area contributed by atoms with E-state index in [9.17, 15) is 10.1 Å². The fourth-order valence-electron chi connectivity index (χ4n) is 5.09. The van der Waals surface area contributed by atoms with E-state index >= 15 is 0 Å². The number of benzene rings is 1. The van der Waals surface area contributed by atoms with Crippen LogP contribution in [0.4, 0.5) is 9.93 Å². The third-order valence-electron chi connectivity index (χ3n) is 6.85. The van der Waals surface area contributed by atoms with Crippen molar-refractivity contribution in [3.05, 3.63) is 53.3 Å². The molecule has 0 atom stereocenters. The highest BCUT2D eigenvalue weighted by Crippen LogP contribution is 2.40. The van der Waals surface area contributed by atoms with E-state index in [1.807, 2.05) is 49.1 Å². The molecule has 36 heavy (non-hydrogen) atoms. The fourth-order valence-corrected chi connectivity index (χ4v) is 6.06. The van der Waals surface area contributed by atoms with E-state index in [4.69, 9.17) is 9.72 Å². The molecule has 2 saturated heterocycles. The zero-order valence-electron chi connectivity index (χ0n) is 20.9. The molecule has 186 valence electrons. The lowest BCUT2D eigenvalue weighted by molar-refractivity contribution is -0.126. The number of nitriles is 1. The van der Waals surface area contributed by atoms with Crippen molar-refractivity contribution in [3.8, 4) is 27.8 Å². The van der Waals surface area contributed by atoms with E-state index in [2.05, 4.69) is 28.3 Å². The first-order valence-electron chi connectivity index (χ1n) is 12.2. The van der Waals surface area contributed by atoms with Gasteiger partial charge < -0.3 is 14.5 Å². The highest BCUT2D eigenvalue weighted by atomic mass is 32.1. The van der Waals surface area contributed by atoms with Gasteiger partial charge in [0.05, 0.1) is 34.4 Å². The zero-order chi connectivity index (χ0) is 25.3. The van der Waals surface area contributed by atoms with Gasteiger partial charge in [-0.1, -0.05) is 23.5 Å². The maximum atomic E-state index is 13.2. The summed E-state index contributed by atoms with van der Waals surface area (Å²) in [5.74, 6) is 0.